The summed E-state index contributed by atoms with van der Waals surface area (Å²) in [4.78, 5) is 26.3. The zero-order valence-corrected chi connectivity index (χ0v) is 8.13. The molecule has 0 aromatic heterocycles. The van der Waals surface area contributed by atoms with Gasteiger partial charge >= 0.3 is 6.03 Å². The molecule has 1 unspecified atom stereocenters. The first-order valence-corrected chi connectivity index (χ1v) is 4.60. The molecule has 0 aliphatic carbocycles. The number of aliphatic imine (C=N–C) groups is 1. The summed E-state index contributed by atoms with van der Waals surface area (Å²) in [5.41, 5.74) is 0.649. The lowest BCUT2D eigenvalue weighted by Gasteiger charge is -2.23. The molecule has 80 valence electrons. The summed E-state index contributed by atoms with van der Waals surface area (Å²) in [5, 5.41) is 10.5. The van der Waals surface area contributed by atoms with E-state index in [-0.39, 0.29) is 11.9 Å². The van der Waals surface area contributed by atoms with Crippen LogP contribution in [-0.4, -0.2) is 24.4 Å². The lowest BCUT2D eigenvalue weighted by molar-refractivity contribution is -0.120. The van der Waals surface area contributed by atoms with Crippen molar-refractivity contribution in [2.45, 2.75) is 19.5 Å². The first kappa shape index (κ1) is 9.50. The van der Waals surface area contributed by atoms with Gasteiger partial charge in [0.15, 0.2) is 6.17 Å². The highest BCUT2D eigenvalue weighted by molar-refractivity contribution is 5.84. The average molecular weight is 209 g/mol. The maximum absolute atomic E-state index is 11.2. The van der Waals surface area contributed by atoms with Gasteiger partial charge in [-0.1, -0.05) is 6.92 Å². The molecule has 3 amide bonds. The van der Waals surface area contributed by atoms with Gasteiger partial charge in [-0.05, 0) is 0 Å². The van der Waals surface area contributed by atoms with Crippen LogP contribution in [0.4, 0.5) is 4.79 Å². The Hall–Kier alpha value is -2.05. The maximum atomic E-state index is 11.2. The van der Waals surface area contributed by atoms with Gasteiger partial charge in [0.25, 0.3) is 0 Å². The van der Waals surface area contributed by atoms with Crippen LogP contribution >= 0.6 is 0 Å². The van der Waals surface area contributed by atoms with Crippen LogP contribution in [-0.2, 0) is 4.79 Å². The van der Waals surface area contributed by atoms with E-state index in [0.29, 0.717) is 17.9 Å². The molecule has 0 saturated carbocycles. The highest BCUT2D eigenvalue weighted by Crippen LogP contribution is 2.11. The third-order valence-corrected chi connectivity index (χ3v) is 2.08. The third kappa shape index (κ3) is 1.76. The van der Waals surface area contributed by atoms with Crippen molar-refractivity contribution in [1.29, 1.82) is 0 Å². The Kier molecular flexibility index (Phi) is 2.28. The molecule has 0 saturated heterocycles. The van der Waals surface area contributed by atoms with E-state index >= 15 is 0 Å². The molecule has 0 fully saturated rings. The van der Waals surface area contributed by atoms with Crippen LogP contribution in [0.1, 0.15) is 13.3 Å². The van der Waals surface area contributed by atoms with Crippen LogP contribution in [0.25, 0.3) is 0 Å². The number of nitrogens with one attached hydrogen (secondary N) is 4. The third-order valence-electron chi connectivity index (χ3n) is 2.08. The molecule has 2 heterocycles. The normalized spacial score (nSPS) is 22.7. The summed E-state index contributed by atoms with van der Waals surface area (Å²) in [6, 6.07) is -0.379. The second-order valence-corrected chi connectivity index (χ2v) is 3.11. The molecular weight excluding hydrogens is 198 g/mol. The van der Waals surface area contributed by atoms with E-state index in [2.05, 4.69) is 26.3 Å². The van der Waals surface area contributed by atoms with Gasteiger partial charge in [0.1, 0.15) is 11.5 Å². The Morgan fingerprint density at radius 3 is 3.20 bits per heavy atom. The van der Waals surface area contributed by atoms with E-state index in [1.807, 2.05) is 0 Å². The summed E-state index contributed by atoms with van der Waals surface area (Å²) in [5.74, 6) is 0.209. The molecule has 15 heavy (non-hydrogen) atoms. The first-order valence-electron chi connectivity index (χ1n) is 4.60. The van der Waals surface area contributed by atoms with Crippen LogP contribution in [0, 0.1) is 0 Å². The van der Waals surface area contributed by atoms with E-state index < -0.39 is 6.17 Å². The van der Waals surface area contributed by atoms with Gasteiger partial charge < -0.3 is 16.0 Å². The highest BCUT2D eigenvalue weighted by Gasteiger charge is 2.29. The summed E-state index contributed by atoms with van der Waals surface area (Å²) in [7, 11) is 0. The quantitative estimate of drug-likeness (QED) is 0.467. The summed E-state index contributed by atoms with van der Waals surface area (Å²) in [6.45, 7) is 1.74. The number of amides is 3. The van der Waals surface area contributed by atoms with Crippen molar-refractivity contribution < 1.29 is 9.59 Å². The lowest BCUT2D eigenvalue weighted by atomic mass is 10.3. The molecule has 0 radical (unpaired) electrons. The number of nitrogens with zero attached hydrogens (tertiary/aromatic N) is 1. The molecule has 2 rings (SSSR count). The Labute approximate surface area is 86.0 Å². The first-order chi connectivity index (χ1) is 7.20. The van der Waals surface area contributed by atoms with Crippen molar-refractivity contribution in [3.05, 3.63) is 11.5 Å². The minimum Gasteiger partial charge on any atom is -0.344 e. The Morgan fingerprint density at radius 1 is 1.67 bits per heavy atom. The van der Waals surface area contributed by atoms with Crippen LogP contribution in [0.15, 0.2) is 16.5 Å². The fourth-order valence-electron chi connectivity index (χ4n) is 1.32. The zero-order chi connectivity index (χ0) is 10.8. The van der Waals surface area contributed by atoms with Crippen molar-refractivity contribution in [2.75, 3.05) is 0 Å². The highest BCUT2D eigenvalue weighted by atomic mass is 16.2. The van der Waals surface area contributed by atoms with Crippen LogP contribution in [0.3, 0.4) is 0 Å². The molecule has 4 N–H and O–H groups in total. The van der Waals surface area contributed by atoms with E-state index in [1.165, 1.54) is 6.34 Å². The SMILES string of the molecule is CCC(=O)NC1=C2NC=NC2NC(=O)N1. The number of hydrogen-bond donors (Lipinski definition) is 4. The van der Waals surface area contributed by atoms with E-state index in [0.717, 1.165) is 0 Å². The molecule has 2 aliphatic rings. The molecule has 0 spiro atoms. The number of hydrogen-bond acceptors (Lipinski definition) is 4. The topological polar surface area (TPSA) is 94.6 Å². The minimum absolute atomic E-state index is 0.160. The molecule has 7 nitrogen and oxygen atoms in total. The van der Waals surface area contributed by atoms with Crippen molar-refractivity contribution in [3.63, 3.8) is 0 Å². The fourth-order valence-corrected chi connectivity index (χ4v) is 1.32. The predicted octanol–water partition coefficient (Wildman–Crippen LogP) is -1.05. The minimum atomic E-state index is -0.425. The van der Waals surface area contributed by atoms with E-state index in [9.17, 15) is 9.59 Å². The predicted molar refractivity (Wildman–Crippen MR) is 52.5 cm³/mol. The summed E-state index contributed by atoms with van der Waals surface area (Å²) >= 11 is 0. The van der Waals surface area contributed by atoms with Gasteiger partial charge in [0.05, 0.1) is 6.34 Å². The number of carbonyl (C=O) groups is 2. The van der Waals surface area contributed by atoms with Gasteiger partial charge in [-0.15, -0.1) is 0 Å². The number of rotatable bonds is 2. The molecule has 0 aromatic carbocycles. The van der Waals surface area contributed by atoms with E-state index in [4.69, 9.17) is 0 Å². The monoisotopic (exact) mass is 209 g/mol. The molecular formula is C8H11N5O2. The largest absolute Gasteiger partial charge is 0.344 e. The Bertz CT molecular complexity index is 373. The lowest BCUT2D eigenvalue weighted by Crippen LogP contribution is -2.52. The second-order valence-electron chi connectivity index (χ2n) is 3.11. The van der Waals surface area contributed by atoms with Gasteiger partial charge in [0, 0.05) is 6.42 Å². The van der Waals surface area contributed by atoms with Gasteiger partial charge in [0.2, 0.25) is 5.91 Å². The van der Waals surface area contributed by atoms with Gasteiger partial charge in [-0.3, -0.25) is 10.1 Å². The van der Waals surface area contributed by atoms with Gasteiger partial charge in [-0.25, -0.2) is 9.79 Å². The van der Waals surface area contributed by atoms with Crippen molar-refractivity contribution in [1.82, 2.24) is 21.3 Å². The van der Waals surface area contributed by atoms with E-state index in [1.54, 1.807) is 6.92 Å². The summed E-state index contributed by atoms with van der Waals surface area (Å²) in [6.07, 6.45) is 1.41. The Balaban J connectivity index is 2.20. The number of urea groups is 1. The average Bonchev–Trinajstić information content (AvgIpc) is 2.65. The standard InChI is InChI=1S/C8H11N5O2/c1-2-4(14)11-7-5-6(10-3-9-5)12-8(15)13-7/h3,6H,2H2,1H3,(H,9,10)(H,11,14)(H2,12,13,15). The fraction of sp³-hybridized carbons (Fsp3) is 0.375. The molecule has 1 atom stereocenters. The second kappa shape index (κ2) is 3.60. The van der Waals surface area contributed by atoms with Crippen LogP contribution < -0.4 is 21.3 Å². The van der Waals surface area contributed by atoms with Crippen molar-refractivity contribution in [3.8, 4) is 0 Å². The van der Waals surface area contributed by atoms with Crippen LogP contribution in [0.5, 0.6) is 0 Å². The molecule has 0 bridgehead atoms. The van der Waals surface area contributed by atoms with Crippen LogP contribution in [0.2, 0.25) is 0 Å². The zero-order valence-electron chi connectivity index (χ0n) is 8.13. The molecule has 0 aromatic rings. The molecule has 2 aliphatic heterocycles. The maximum Gasteiger partial charge on any atom is 0.322 e. The smallest absolute Gasteiger partial charge is 0.322 e. The van der Waals surface area contributed by atoms with Gasteiger partial charge in [-0.2, -0.15) is 0 Å². The Morgan fingerprint density at radius 2 is 2.47 bits per heavy atom. The molecule has 7 heteroatoms. The number of carbonyl (C=O) groups excluding carboxylic acids is 2. The number of fused-ring (bicyclic) bond motifs is 1. The summed E-state index contributed by atoms with van der Waals surface area (Å²) < 4.78 is 0. The van der Waals surface area contributed by atoms with Crippen molar-refractivity contribution >= 4 is 18.3 Å². The van der Waals surface area contributed by atoms with Crippen molar-refractivity contribution in [2.24, 2.45) is 4.99 Å².